The van der Waals surface area contributed by atoms with Crippen molar-refractivity contribution >= 4 is 34.0 Å². The topological polar surface area (TPSA) is 102 Å². The van der Waals surface area contributed by atoms with Gasteiger partial charge in [0.15, 0.2) is 0 Å². The van der Waals surface area contributed by atoms with Crippen LogP contribution in [-0.4, -0.2) is 28.9 Å². The molecular formula is C38H40N4O4. The SMILES string of the molecule is COc1c(CCC(C)=O)cc(C(C)(C)C)cc1NC(=O)Nc1ccc(Oc2ccnc(CCc3ccccn3)c2)c2ccccc12. The second-order valence-corrected chi connectivity index (χ2v) is 12.3. The van der Waals surface area contributed by atoms with Crippen LogP contribution in [0.25, 0.3) is 10.8 Å². The maximum Gasteiger partial charge on any atom is 0.323 e. The van der Waals surface area contributed by atoms with Gasteiger partial charge in [0.1, 0.15) is 23.0 Å². The second kappa shape index (κ2) is 14.2. The Morgan fingerprint density at radius 3 is 2.20 bits per heavy atom. The monoisotopic (exact) mass is 616 g/mol. The summed E-state index contributed by atoms with van der Waals surface area (Å²) >= 11 is 0. The number of amides is 2. The molecule has 0 fully saturated rings. The zero-order chi connectivity index (χ0) is 32.7. The molecule has 0 atom stereocenters. The van der Waals surface area contributed by atoms with E-state index in [-0.39, 0.29) is 11.2 Å². The van der Waals surface area contributed by atoms with Crippen molar-refractivity contribution in [3.63, 3.8) is 0 Å². The van der Waals surface area contributed by atoms with E-state index < -0.39 is 6.03 Å². The lowest BCUT2D eigenvalue weighted by Gasteiger charge is -2.24. The third-order valence-corrected chi connectivity index (χ3v) is 7.74. The highest BCUT2D eigenvalue weighted by molar-refractivity contribution is 6.08. The molecule has 2 amide bonds. The van der Waals surface area contributed by atoms with Gasteiger partial charge in [-0.3, -0.25) is 9.97 Å². The summed E-state index contributed by atoms with van der Waals surface area (Å²) in [4.78, 5) is 34.1. The molecule has 0 saturated heterocycles. The smallest absolute Gasteiger partial charge is 0.323 e. The largest absolute Gasteiger partial charge is 0.494 e. The van der Waals surface area contributed by atoms with Gasteiger partial charge in [-0.2, -0.15) is 0 Å². The summed E-state index contributed by atoms with van der Waals surface area (Å²) in [6, 6.07) is 24.7. The fourth-order valence-electron chi connectivity index (χ4n) is 5.28. The minimum absolute atomic E-state index is 0.0970. The number of aromatic nitrogens is 2. The van der Waals surface area contributed by atoms with Gasteiger partial charge < -0.3 is 24.9 Å². The van der Waals surface area contributed by atoms with E-state index in [2.05, 4.69) is 47.4 Å². The van der Waals surface area contributed by atoms with Crippen molar-refractivity contribution in [3.8, 4) is 17.2 Å². The van der Waals surface area contributed by atoms with Crippen molar-refractivity contribution in [2.24, 2.45) is 0 Å². The maximum absolute atomic E-state index is 13.4. The van der Waals surface area contributed by atoms with Crippen molar-refractivity contribution in [1.82, 2.24) is 9.97 Å². The van der Waals surface area contributed by atoms with Gasteiger partial charge in [0.05, 0.1) is 18.5 Å². The molecule has 2 aromatic heterocycles. The van der Waals surface area contributed by atoms with Crippen LogP contribution in [-0.2, 0) is 29.5 Å². The molecule has 0 saturated carbocycles. The average molecular weight is 617 g/mol. The van der Waals surface area contributed by atoms with Gasteiger partial charge in [0.25, 0.3) is 0 Å². The number of pyridine rings is 2. The van der Waals surface area contributed by atoms with Gasteiger partial charge in [-0.25, -0.2) is 4.79 Å². The lowest BCUT2D eigenvalue weighted by Crippen LogP contribution is -2.21. The van der Waals surface area contributed by atoms with Crippen LogP contribution in [0.2, 0.25) is 0 Å². The minimum Gasteiger partial charge on any atom is -0.494 e. The van der Waals surface area contributed by atoms with E-state index >= 15 is 0 Å². The quantitative estimate of drug-likeness (QED) is 0.154. The first-order chi connectivity index (χ1) is 22.1. The molecule has 0 spiro atoms. The van der Waals surface area contributed by atoms with E-state index in [4.69, 9.17) is 9.47 Å². The van der Waals surface area contributed by atoms with Crippen LogP contribution in [0.4, 0.5) is 16.2 Å². The first-order valence-electron chi connectivity index (χ1n) is 15.4. The Morgan fingerprint density at radius 2 is 1.48 bits per heavy atom. The minimum atomic E-state index is -0.410. The zero-order valence-electron chi connectivity index (χ0n) is 27.0. The number of nitrogens with one attached hydrogen (secondary N) is 2. The van der Waals surface area contributed by atoms with Crippen molar-refractivity contribution in [1.29, 1.82) is 0 Å². The predicted molar refractivity (Wildman–Crippen MR) is 183 cm³/mol. The number of fused-ring (bicyclic) bond motifs is 1. The number of ketones is 1. The molecule has 46 heavy (non-hydrogen) atoms. The van der Waals surface area contributed by atoms with Crippen molar-refractivity contribution in [3.05, 3.63) is 114 Å². The second-order valence-electron chi connectivity index (χ2n) is 12.3. The molecule has 0 unspecified atom stereocenters. The molecule has 0 aliphatic carbocycles. The fraction of sp³-hybridized carbons (Fsp3) is 0.263. The standard InChI is InChI=1S/C38H40N4O4/c1-25(43)13-14-26-22-27(38(2,3)4)23-34(36(26)45-5)42-37(44)41-33-17-18-35(32-12-7-6-11-31(32)33)46-30-19-21-40-29(24-30)16-15-28-10-8-9-20-39-28/h6-12,17-24H,13-16H2,1-5H3,(H2,41,42,44). The molecule has 3 aromatic carbocycles. The molecule has 236 valence electrons. The third kappa shape index (κ3) is 8.07. The summed E-state index contributed by atoms with van der Waals surface area (Å²) < 4.78 is 12.1. The van der Waals surface area contributed by atoms with E-state index in [1.165, 1.54) is 0 Å². The lowest BCUT2D eigenvalue weighted by molar-refractivity contribution is -0.116. The molecule has 5 aromatic rings. The van der Waals surface area contributed by atoms with Crippen molar-refractivity contribution in [2.75, 3.05) is 17.7 Å². The predicted octanol–water partition coefficient (Wildman–Crippen LogP) is 8.68. The number of ether oxygens (including phenoxy) is 2. The summed E-state index contributed by atoms with van der Waals surface area (Å²) in [6.45, 7) is 7.90. The first kappa shape index (κ1) is 32.2. The average Bonchev–Trinajstić information content (AvgIpc) is 3.04. The number of nitrogens with zero attached hydrogens (tertiary/aromatic N) is 2. The number of Topliss-reactive ketones (excluding diaryl/α,β-unsaturated/α-hetero) is 1. The summed E-state index contributed by atoms with van der Waals surface area (Å²) in [5.74, 6) is 1.99. The Kier molecular flexibility index (Phi) is 9.96. The molecule has 0 radical (unpaired) electrons. The van der Waals surface area contributed by atoms with Crippen LogP contribution < -0.4 is 20.1 Å². The van der Waals surface area contributed by atoms with Crippen LogP contribution in [0.3, 0.4) is 0 Å². The summed E-state index contributed by atoms with van der Waals surface area (Å²) in [6.07, 6.45) is 5.99. The Labute approximate surface area is 270 Å². The normalized spacial score (nSPS) is 11.2. The summed E-state index contributed by atoms with van der Waals surface area (Å²) in [7, 11) is 1.57. The number of benzene rings is 3. The highest BCUT2D eigenvalue weighted by Gasteiger charge is 2.21. The number of rotatable bonds is 11. The summed E-state index contributed by atoms with van der Waals surface area (Å²) in [5, 5.41) is 7.69. The van der Waals surface area contributed by atoms with E-state index in [1.54, 1.807) is 26.4 Å². The fourth-order valence-corrected chi connectivity index (χ4v) is 5.28. The van der Waals surface area contributed by atoms with E-state index in [1.807, 2.05) is 72.8 Å². The Morgan fingerprint density at radius 1 is 0.761 bits per heavy atom. The zero-order valence-corrected chi connectivity index (χ0v) is 27.0. The van der Waals surface area contributed by atoms with Gasteiger partial charge in [-0.15, -0.1) is 0 Å². The van der Waals surface area contributed by atoms with Gasteiger partial charge >= 0.3 is 6.03 Å². The number of hydrogen-bond acceptors (Lipinski definition) is 6. The molecule has 5 rings (SSSR count). The van der Waals surface area contributed by atoms with Gasteiger partial charge in [-0.1, -0.05) is 57.2 Å². The highest BCUT2D eigenvalue weighted by Crippen LogP contribution is 2.37. The summed E-state index contributed by atoms with van der Waals surface area (Å²) in [5.41, 5.74) is 4.85. The molecule has 2 N–H and O–H groups in total. The molecule has 8 nitrogen and oxygen atoms in total. The van der Waals surface area contributed by atoms with E-state index in [0.717, 1.165) is 46.1 Å². The highest BCUT2D eigenvalue weighted by atomic mass is 16.5. The van der Waals surface area contributed by atoms with Crippen LogP contribution in [0, 0.1) is 0 Å². The number of aryl methyl sites for hydroxylation is 3. The number of anilines is 2. The number of urea groups is 1. The van der Waals surface area contributed by atoms with Crippen molar-refractivity contribution in [2.45, 2.75) is 58.8 Å². The van der Waals surface area contributed by atoms with E-state index in [9.17, 15) is 9.59 Å². The van der Waals surface area contributed by atoms with Crippen LogP contribution in [0.15, 0.2) is 91.3 Å². The van der Waals surface area contributed by atoms with Crippen LogP contribution >= 0.6 is 0 Å². The molecular weight excluding hydrogens is 576 g/mol. The lowest BCUT2D eigenvalue weighted by atomic mass is 9.85. The Balaban J connectivity index is 1.36. The Bertz CT molecular complexity index is 1850. The molecule has 0 aliphatic heterocycles. The molecule has 2 heterocycles. The number of methoxy groups -OCH3 is 1. The van der Waals surface area contributed by atoms with Crippen LogP contribution in [0.5, 0.6) is 17.2 Å². The van der Waals surface area contributed by atoms with Gasteiger partial charge in [0.2, 0.25) is 0 Å². The molecule has 0 aliphatic rings. The first-order valence-corrected chi connectivity index (χ1v) is 15.4. The number of hydrogen-bond donors (Lipinski definition) is 2. The van der Waals surface area contributed by atoms with E-state index in [0.29, 0.717) is 41.5 Å². The number of carbonyl (C=O) groups excluding carboxylic acids is 2. The number of carbonyl (C=O) groups is 2. The maximum atomic E-state index is 13.4. The molecule has 8 heteroatoms. The molecule has 0 bridgehead atoms. The Hall–Kier alpha value is -5.24. The van der Waals surface area contributed by atoms with Gasteiger partial charge in [0, 0.05) is 47.0 Å². The third-order valence-electron chi connectivity index (χ3n) is 7.74. The van der Waals surface area contributed by atoms with Gasteiger partial charge in [-0.05, 0) is 79.1 Å². The van der Waals surface area contributed by atoms with Crippen LogP contribution in [0.1, 0.15) is 56.6 Å². The van der Waals surface area contributed by atoms with Crippen molar-refractivity contribution < 1.29 is 19.1 Å².